The summed E-state index contributed by atoms with van der Waals surface area (Å²) in [7, 11) is 0. The molecule has 0 unspecified atom stereocenters. The van der Waals surface area contributed by atoms with Gasteiger partial charge in [0.1, 0.15) is 11.5 Å². The lowest BCUT2D eigenvalue weighted by molar-refractivity contribution is -0.0597. The minimum absolute atomic E-state index is 0.0478. The van der Waals surface area contributed by atoms with Crippen molar-refractivity contribution in [2.24, 2.45) is 10.7 Å². The van der Waals surface area contributed by atoms with Gasteiger partial charge in [-0.2, -0.15) is 13.2 Å². The van der Waals surface area contributed by atoms with E-state index in [4.69, 9.17) is 11.1 Å². The molecule has 0 aliphatic heterocycles. The van der Waals surface area contributed by atoms with Crippen molar-refractivity contribution < 1.29 is 17.6 Å². The molecule has 0 aliphatic rings. The molecule has 3 rings (SSSR count). The highest BCUT2D eigenvalue weighted by atomic mass is 19.4. The van der Waals surface area contributed by atoms with Gasteiger partial charge in [0.15, 0.2) is 11.5 Å². The van der Waals surface area contributed by atoms with E-state index in [1.807, 2.05) is 0 Å². The molecule has 3 aromatic rings. The van der Waals surface area contributed by atoms with Crippen molar-refractivity contribution in [2.75, 3.05) is 0 Å². The van der Waals surface area contributed by atoms with Gasteiger partial charge in [-0.3, -0.25) is 5.41 Å². The van der Waals surface area contributed by atoms with Crippen molar-refractivity contribution in [1.29, 1.82) is 5.41 Å². The number of benzene rings is 1. The number of aliphatic imine (C=N–C) groups is 1. The first-order valence-electron chi connectivity index (χ1n) is 7.74. The second-order valence-electron chi connectivity index (χ2n) is 5.78. The summed E-state index contributed by atoms with van der Waals surface area (Å²) < 4.78 is 53.3. The zero-order chi connectivity index (χ0) is 19.8. The third-order valence-corrected chi connectivity index (χ3v) is 3.83. The largest absolute Gasteiger partial charge is 0.449 e. The van der Waals surface area contributed by atoms with Crippen LogP contribution in [-0.4, -0.2) is 32.2 Å². The zero-order valence-corrected chi connectivity index (χ0v) is 14.0. The van der Waals surface area contributed by atoms with Crippen molar-refractivity contribution in [3.05, 3.63) is 65.1 Å². The maximum Gasteiger partial charge on any atom is 0.449 e. The molecule has 6 nitrogen and oxygen atoms in total. The van der Waals surface area contributed by atoms with Gasteiger partial charge in [0, 0.05) is 24.5 Å². The van der Waals surface area contributed by atoms with Crippen molar-refractivity contribution in [3.8, 4) is 0 Å². The number of hydrogen-bond acceptors (Lipinski definition) is 3. The number of alkyl halides is 3. The molecule has 27 heavy (non-hydrogen) atoms. The molecule has 0 saturated heterocycles. The van der Waals surface area contributed by atoms with Crippen LogP contribution in [0, 0.1) is 18.2 Å². The average molecular weight is 378 g/mol. The van der Waals surface area contributed by atoms with Gasteiger partial charge in [-0.15, -0.1) is 0 Å². The first-order chi connectivity index (χ1) is 12.7. The number of aryl methyl sites for hydroxylation is 1. The van der Waals surface area contributed by atoms with Crippen molar-refractivity contribution >= 4 is 17.3 Å². The Kier molecular flexibility index (Phi) is 4.64. The van der Waals surface area contributed by atoms with E-state index in [-0.39, 0.29) is 12.1 Å². The molecule has 140 valence electrons. The first-order valence-corrected chi connectivity index (χ1v) is 7.74. The first kappa shape index (κ1) is 18.5. The Labute approximate surface area is 150 Å². The van der Waals surface area contributed by atoms with Crippen LogP contribution >= 0.6 is 0 Å². The number of rotatable bonds is 3. The smallest absolute Gasteiger partial charge is 0.380 e. The van der Waals surface area contributed by atoms with E-state index in [2.05, 4.69) is 15.0 Å². The van der Waals surface area contributed by atoms with Crippen LogP contribution in [-0.2, 0) is 6.42 Å². The highest BCUT2D eigenvalue weighted by Crippen LogP contribution is 2.19. The number of amidine groups is 2. The number of hydrogen-bond donors (Lipinski definition) is 2. The summed E-state index contributed by atoms with van der Waals surface area (Å²) in [5.74, 6) is -2.84. The number of fused-ring (bicyclic) bond motifs is 1. The SMILES string of the molecule is Cc1cnc2c(Cc3ccccc3F)nc(C(=N)N=C(N)C(F)(F)F)cn12. The third-order valence-electron chi connectivity index (χ3n) is 3.83. The number of aromatic nitrogens is 3. The van der Waals surface area contributed by atoms with Crippen molar-refractivity contribution in [3.63, 3.8) is 0 Å². The Morgan fingerprint density at radius 3 is 2.67 bits per heavy atom. The predicted octanol–water partition coefficient (Wildman–Crippen LogP) is 3.01. The van der Waals surface area contributed by atoms with Gasteiger partial charge >= 0.3 is 6.18 Å². The quantitative estimate of drug-likeness (QED) is 0.417. The fourth-order valence-corrected chi connectivity index (χ4v) is 2.47. The van der Waals surface area contributed by atoms with Crippen molar-refractivity contribution in [2.45, 2.75) is 19.5 Å². The second kappa shape index (κ2) is 6.78. The van der Waals surface area contributed by atoms with Crippen LogP contribution < -0.4 is 5.73 Å². The van der Waals surface area contributed by atoms with Gasteiger partial charge in [0.05, 0.1) is 5.69 Å². The lowest BCUT2D eigenvalue weighted by atomic mass is 10.1. The van der Waals surface area contributed by atoms with Gasteiger partial charge in [-0.25, -0.2) is 19.4 Å². The summed E-state index contributed by atoms with van der Waals surface area (Å²) >= 11 is 0. The fraction of sp³-hybridized carbons (Fsp3) is 0.176. The minimum atomic E-state index is -4.85. The minimum Gasteiger partial charge on any atom is -0.380 e. The summed E-state index contributed by atoms with van der Waals surface area (Å²) in [6, 6.07) is 6.07. The summed E-state index contributed by atoms with van der Waals surface area (Å²) in [6.45, 7) is 1.73. The predicted molar refractivity (Wildman–Crippen MR) is 91.4 cm³/mol. The Morgan fingerprint density at radius 2 is 2.00 bits per heavy atom. The van der Waals surface area contributed by atoms with E-state index in [0.717, 1.165) is 0 Å². The Morgan fingerprint density at radius 1 is 1.30 bits per heavy atom. The molecule has 0 aliphatic carbocycles. The molecule has 0 saturated carbocycles. The maximum atomic E-state index is 14.0. The van der Waals surface area contributed by atoms with E-state index < -0.39 is 23.7 Å². The van der Waals surface area contributed by atoms with Crippen LogP contribution in [0.5, 0.6) is 0 Å². The molecule has 2 heterocycles. The van der Waals surface area contributed by atoms with E-state index in [0.29, 0.717) is 22.6 Å². The van der Waals surface area contributed by atoms with Gasteiger partial charge in [-0.05, 0) is 18.6 Å². The van der Waals surface area contributed by atoms with E-state index in [1.54, 1.807) is 35.7 Å². The molecule has 10 heteroatoms. The van der Waals surface area contributed by atoms with Crippen LogP contribution in [0.25, 0.3) is 5.65 Å². The summed E-state index contributed by atoms with van der Waals surface area (Å²) in [6.07, 6.45) is -1.91. The van der Waals surface area contributed by atoms with Gasteiger partial charge in [0.2, 0.25) is 5.84 Å². The molecule has 0 atom stereocenters. The molecule has 0 fully saturated rings. The lowest BCUT2D eigenvalue weighted by Gasteiger charge is -2.09. The lowest BCUT2D eigenvalue weighted by Crippen LogP contribution is -2.32. The summed E-state index contributed by atoms with van der Waals surface area (Å²) in [5.41, 5.74) is 6.48. The van der Waals surface area contributed by atoms with Gasteiger partial charge < -0.3 is 10.1 Å². The number of halogens is 4. The maximum absolute atomic E-state index is 14.0. The Bertz CT molecular complexity index is 1050. The Hall–Kier alpha value is -3.30. The molecule has 1 aromatic carbocycles. The molecular formula is C17H14F4N6. The molecule has 0 bridgehead atoms. The summed E-state index contributed by atoms with van der Waals surface area (Å²) in [5, 5.41) is 7.82. The molecule has 0 radical (unpaired) electrons. The zero-order valence-electron chi connectivity index (χ0n) is 14.0. The number of nitrogens with one attached hydrogen (secondary N) is 1. The highest BCUT2D eigenvalue weighted by molar-refractivity contribution is 6.04. The molecule has 0 spiro atoms. The molecule has 2 aromatic heterocycles. The second-order valence-corrected chi connectivity index (χ2v) is 5.78. The summed E-state index contributed by atoms with van der Waals surface area (Å²) in [4.78, 5) is 11.5. The van der Waals surface area contributed by atoms with Crippen LogP contribution in [0.3, 0.4) is 0 Å². The molecule has 0 amide bonds. The normalized spacial score (nSPS) is 12.6. The van der Waals surface area contributed by atoms with Crippen LogP contribution in [0.1, 0.15) is 22.6 Å². The van der Waals surface area contributed by atoms with Crippen LogP contribution in [0.2, 0.25) is 0 Å². The number of imidazole rings is 1. The standard InChI is InChI=1S/C17H14F4N6/c1-9-7-24-15-12(6-10-4-2-3-5-11(10)18)25-13(8-27(9)15)14(22)26-16(23)17(19,20)21/h2-5,7-8H,6H2,1H3,(H3,22,23,26). The fourth-order valence-electron chi connectivity index (χ4n) is 2.47. The molecular weight excluding hydrogens is 364 g/mol. The van der Waals surface area contributed by atoms with Gasteiger partial charge in [-0.1, -0.05) is 18.2 Å². The number of nitrogens with two attached hydrogens (primary N) is 1. The molecule has 3 N–H and O–H groups in total. The highest BCUT2D eigenvalue weighted by Gasteiger charge is 2.34. The Balaban J connectivity index is 2.09. The van der Waals surface area contributed by atoms with E-state index >= 15 is 0 Å². The third kappa shape index (κ3) is 3.78. The van der Waals surface area contributed by atoms with E-state index in [9.17, 15) is 17.6 Å². The monoisotopic (exact) mass is 378 g/mol. The number of nitrogens with zero attached hydrogens (tertiary/aromatic N) is 4. The van der Waals surface area contributed by atoms with Crippen LogP contribution in [0.15, 0.2) is 41.7 Å². The van der Waals surface area contributed by atoms with Crippen LogP contribution in [0.4, 0.5) is 17.6 Å². The topological polar surface area (TPSA) is 92.4 Å². The average Bonchev–Trinajstić information content (AvgIpc) is 2.97. The van der Waals surface area contributed by atoms with Gasteiger partial charge in [0.25, 0.3) is 0 Å². The van der Waals surface area contributed by atoms with E-state index in [1.165, 1.54) is 12.3 Å². The van der Waals surface area contributed by atoms with Crippen molar-refractivity contribution in [1.82, 2.24) is 14.4 Å².